The molecule has 3 aromatic carbocycles. The van der Waals surface area contributed by atoms with Crippen molar-refractivity contribution in [3.8, 4) is 5.75 Å². The van der Waals surface area contributed by atoms with Gasteiger partial charge in [-0.05, 0) is 50.8 Å². The van der Waals surface area contributed by atoms with Gasteiger partial charge in [0.15, 0.2) is 11.3 Å². The molecule has 2 bridgehead atoms. The smallest absolute Gasteiger partial charge is 0.451 e. The number of carbonyl (C=O) groups is 3. The molecule has 0 aliphatic carbocycles. The molecule has 0 radical (unpaired) electrons. The molecule has 328 valence electrons. The summed E-state index contributed by atoms with van der Waals surface area (Å²) in [6.45, 7) is 3.28. The number of nitrogens with one attached hydrogen (secondary N) is 1. The molecule has 4 atom stereocenters. The maximum atomic E-state index is 14.5. The van der Waals surface area contributed by atoms with Crippen molar-refractivity contribution in [2.24, 2.45) is 5.16 Å². The van der Waals surface area contributed by atoms with E-state index < -0.39 is 91.9 Å². The van der Waals surface area contributed by atoms with Gasteiger partial charge in [-0.3, -0.25) is 28.0 Å². The van der Waals surface area contributed by atoms with E-state index in [1.807, 2.05) is 26.0 Å². The van der Waals surface area contributed by atoms with Crippen LogP contribution >= 0.6 is 7.82 Å². The molecule has 16 nitrogen and oxygen atoms in total. The van der Waals surface area contributed by atoms with Crippen LogP contribution in [0.2, 0.25) is 0 Å². The predicted octanol–water partition coefficient (Wildman–Crippen LogP) is 7.21. The second kappa shape index (κ2) is 19.0. The molecule has 4 heterocycles. The number of oxime groups is 1. The molecule has 1 N–H and O–H groups in total. The summed E-state index contributed by atoms with van der Waals surface area (Å²) < 4.78 is 76.2. The first-order valence-corrected chi connectivity index (χ1v) is 21.3. The number of hydrogen-bond acceptors (Lipinski definition) is 13. The molecule has 2 amide bonds. The van der Waals surface area contributed by atoms with Crippen LogP contribution in [0.15, 0.2) is 95.0 Å². The summed E-state index contributed by atoms with van der Waals surface area (Å²) in [5, 5.41) is 6.69. The van der Waals surface area contributed by atoms with Crippen molar-refractivity contribution in [1.29, 1.82) is 0 Å². The molecule has 0 unspecified atom stereocenters. The minimum Gasteiger partial charge on any atom is -0.451 e. The molecule has 1 aromatic heterocycles. The van der Waals surface area contributed by atoms with Crippen LogP contribution in [0.25, 0.3) is 0 Å². The van der Waals surface area contributed by atoms with Crippen LogP contribution in [0.3, 0.4) is 0 Å². The fourth-order valence-corrected chi connectivity index (χ4v) is 8.82. The van der Waals surface area contributed by atoms with Gasteiger partial charge in [0.1, 0.15) is 29.9 Å². The number of phosphoric ester groups is 1. The average Bonchev–Trinajstić information content (AvgIpc) is 3.59. The van der Waals surface area contributed by atoms with Gasteiger partial charge < -0.3 is 33.8 Å². The first kappa shape index (κ1) is 44.1. The van der Waals surface area contributed by atoms with Crippen molar-refractivity contribution in [2.45, 2.75) is 83.6 Å². The van der Waals surface area contributed by atoms with Crippen LogP contribution < -0.4 is 15.5 Å². The Bertz CT molecular complexity index is 2390. The molecule has 7 rings (SSSR count). The molecule has 3 aliphatic rings. The molecule has 1 fully saturated rings. The van der Waals surface area contributed by atoms with Crippen molar-refractivity contribution in [3.05, 3.63) is 135 Å². The van der Waals surface area contributed by atoms with Gasteiger partial charge in [0.25, 0.3) is 11.8 Å². The summed E-state index contributed by atoms with van der Waals surface area (Å²) in [5.74, 6) is -3.83. The molecule has 4 aromatic rings. The second-order valence-electron chi connectivity index (χ2n) is 15.2. The standard InChI is InChI=1S/C43H45F2N4O12P/c1-27-19-43(61-47-27)17-16-28(2)48-22-36(43)49-21-34(40(51)46-20-32-14-15-33(44)18-35(32)45)38(50)39(37(49)41(48)52)56-26-57-42(53)55-23-29(3)60-62(54,58-24-30-10-6-4-7-11-30)59-25-31-12-8-5-9-13-31/h4-15,18,21,28-29,36H,16-17,19-20,22-26H2,1-3H3,(H,46,51)/t28-,29-,36+,43-/m0/s1. The van der Waals surface area contributed by atoms with Gasteiger partial charge in [0.05, 0.1) is 25.0 Å². The number of benzene rings is 3. The highest BCUT2D eigenvalue weighted by atomic mass is 31.2. The number of rotatable bonds is 16. The highest BCUT2D eigenvalue weighted by Crippen LogP contribution is 2.52. The van der Waals surface area contributed by atoms with E-state index in [2.05, 4.69) is 10.5 Å². The van der Waals surface area contributed by atoms with Gasteiger partial charge in [-0.15, -0.1) is 0 Å². The largest absolute Gasteiger partial charge is 0.511 e. The highest BCUT2D eigenvalue weighted by Gasteiger charge is 2.54. The second-order valence-corrected chi connectivity index (χ2v) is 16.9. The Morgan fingerprint density at radius 1 is 1.00 bits per heavy atom. The fraction of sp³-hybridized carbons (Fsp3) is 0.372. The lowest BCUT2D eigenvalue weighted by Gasteiger charge is -2.42. The molecule has 1 saturated heterocycles. The van der Waals surface area contributed by atoms with Crippen molar-refractivity contribution in [3.63, 3.8) is 0 Å². The van der Waals surface area contributed by atoms with E-state index in [0.717, 1.165) is 17.8 Å². The number of pyridine rings is 1. The van der Waals surface area contributed by atoms with Crippen molar-refractivity contribution in [2.75, 3.05) is 19.9 Å². The maximum absolute atomic E-state index is 14.5. The summed E-state index contributed by atoms with van der Waals surface area (Å²) in [6, 6.07) is 19.8. The summed E-state index contributed by atoms with van der Waals surface area (Å²) in [6.07, 6.45) is 0.356. The molecule has 0 saturated carbocycles. The lowest BCUT2D eigenvalue weighted by molar-refractivity contribution is -0.0658. The quantitative estimate of drug-likeness (QED) is 0.0680. The van der Waals surface area contributed by atoms with Gasteiger partial charge in [0.2, 0.25) is 18.0 Å². The fourth-order valence-electron chi connectivity index (χ4n) is 7.51. The van der Waals surface area contributed by atoms with E-state index >= 15 is 0 Å². The molecule has 3 aliphatic heterocycles. The van der Waals surface area contributed by atoms with E-state index in [9.17, 15) is 32.5 Å². The number of amides is 2. The molecular formula is C43H45F2N4O12P. The van der Waals surface area contributed by atoms with Gasteiger partial charge in [0, 0.05) is 43.4 Å². The van der Waals surface area contributed by atoms with E-state index in [1.54, 1.807) is 53.4 Å². The number of aromatic nitrogens is 1. The first-order chi connectivity index (χ1) is 29.7. The topological polar surface area (TPSA) is 183 Å². The Morgan fingerprint density at radius 3 is 2.31 bits per heavy atom. The summed E-state index contributed by atoms with van der Waals surface area (Å²) in [4.78, 5) is 62.5. The monoisotopic (exact) mass is 878 g/mol. The predicted molar refractivity (Wildman–Crippen MR) is 217 cm³/mol. The third-order valence-corrected chi connectivity index (χ3v) is 12.2. The zero-order valence-corrected chi connectivity index (χ0v) is 35.0. The first-order valence-electron chi connectivity index (χ1n) is 19.9. The van der Waals surface area contributed by atoms with E-state index in [0.29, 0.717) is 36.5 Å². The van der Waals surface area contributed by atoms with E-state index in [1.165, 1.54) is 17.7 Å². The highest BCUT2D eigenvalue weighted by molar-refractivity contribution is 7.48. The molecule has 19 heteroatoms. The Labute approximate surface area is 355 Å². The summed E-state index contributed by atoms with van der Waals surface area (Å²) in [5.41, 5.74) is -0.560. The van der Waals surface area contributed by atoms with Crippen molar-refractivity contribution < 1.29 is 60.3 Å². The lowest BCUT2D eigenvalue weighted by atomic mass is 9.84. The van der Waals surface area contributed by atoms with Crippen LogP contribution in [0.4, 0.5) is 13.6 Å². The third kappa shape index (κ3) is 10.1. The molecule has 62 heavy (non-hydrogen) atoms. The number of nitrogens with zero attached hydrogens (tertiary/aromatic N) is 3. The van der Waals surface area contributed by atoms with Gasteiger partial charge in [-0.25, -0.2) is 18.1 Å². The summed E-state index contributed by atoms with van der Waals surface area (Å²) >= 11 is 0. The maximum Gasteiger partial charge on any atom is 0.511 e. The van der Waals surface area contributed by atoms with Gasteiger partial charge in [-0.2, -0.15) is 0 Å². The molecule has 1 spiro atoms. The average molecular weight is 879 g/mol. The number of phosphoric acid groups is 1. The minimum absolute atomic E-state index is 0.0438. The zero-order valence-electron chi connectivity index (χ0n) is 34.1. The zero-order chi connectivity index (χ0) is 44.0. The number of ether oxygens (including phenoxy) is 3. The normalized spacial score (nSPS) is 19.8. The Hall–Kier alpha value is -5.94. The number of hydrogen-bond donors (Lipinski definition) is 1. The van der Waals surface area contributed by atoms with Crippen LogP contribution in [-0.4, -0.2) is 70.8 Å². The number of halogens is 2. The van der Waals surface area contributed by atoms with Crippen molar-refractivity contribution >= 4 is 31.5 Å². The summed E-state index contributed by atoms with van der Waals surface area (Å²) in [7, 11) is -4.23. The Balaban J connectivity index is 1.07. The number of fused-ring (bicyclic) bond motifs is 5. The Morgan fingerprint density at radius 2 is 1.68 bits per heavy atom. The Kier molecular flexibility index (Phi) is 13.5. The minimum atomic E-state index is -4.23. The SMILES string of the molecule is CC1=NO[C@@]2(CC[C@H](C)N3C[C@H]2n2cc(C(=O)NCc4ccc(F)cc4F)c(=O)c(OCOC(=O)OC[C@H](C)OP(=O)(OCc4ccccc4)OCc4ccccc4)c2C3=O)C1. The van der Waals surface area contributed by atoms with Crippen LogP contribution in [0, 0.1) is 11.6 Å². The van der Waals surface area contributed by atoms with E-state index in [4.69, 9.17) is 32.6 Å². The van der Waals surface area contributed by atoms with Crippen molar-refractivity contribution in [1.82, 2.24) is 14.8 Å². The number of carbonyl (C=O) groups excluding carboxylic acids is 3. The van der Waals surface area contributed by atoms with Crippen LogP contribution in [0.1, 0.15) is 83.6 Å². The van der Waals surface area contributed by atoms with Crippen LogP contribution in [-0.2, 0) is 52.2 Å². The van der Waals surface area contributed by atoms with Crippen LogP contribution in [0.5, 0.6) is 5.75 Å². The van der Waals surface area contributed by atoms with Gasteiger partial charge >= 0.3 is 14.0 Å². The third-order valence-electron chi connectivity index (χ3n) is 10.7. The molecular weight excluding hydrogens is 833 g/mol. The van der Waals surface area contributed by atoms with E-state index in [-0.39, 0.29) is 37.1 Å². The van der Waals surface area contributed by atoms with Gasteiger partial charge in [-0.1, -0.05) is 71.9 Å². The lowest BCUT2D eigenvalue weighted by Crippen LogP contribution is -2.52.